The van der Waals surface area contributed by atoms with Gasteiger partial charge >= 0.3 is 0 Å². The quantitative estimate of drug-likeness (QED) is 0.816. The second-order valence-corrected chi connectivity index (χ2v) is 7.07. The van der Waals surface area contributed by atoms with Crippen LogP contribution < -0.4 is 4.74 Å². The van der Waals surface area contributed by atoms with E-state index in [0.717, 1.165) is 5.75 Å². The first-order chi connectivity index (χ1) is 13.7. The van der Waals surface area contributed by atoms with Crippen LogP contribution in [0.2, 0.25) is 0 Å². The Morgan fingerprint density at radius 3 is 2.25 bits per heavy atom. The Bertz CT molecular complexity index is 806. The van der Waals surface area contributed by atoms with Crippen LogP contribution in [0.25, 0.3) is 0 Å². The number of likely N-dealkylation sites (tertiary alicyclic amines) is 1. The van der Waals surface area contributed by atoms with E-state index < -0.39 is 6.04 Å². The summed E-state index contributed by atoms with van der Waals surface area (Å²) in [5.74, 6) is 0.595. The van der Waals surface area contributed by atoms with Gasteiger partial charge in [0.05, 0.1) is 19.8 Å². The van der Waals surface area contributed by atoms with E-state index in [4.69, 9.17) is 9.47 Å². The van der Waals surface area contributed by atoms with Gasteiger partial charge in [0.2, 0.25) is 5.91 Å². The molecule has 2 aliphatic heterocycles. The summed E-state index contributed by atoms with van der Waals surface area (Å²) in [6.45, 7) is 2.59. The second-order valence-electron chi connectivity index (χ2n) is 7.07. The Balaban J connectivity index is 1.54. The molecule has 2 aliphatic rings. The molecule has 146 valence electrons. The maximum absolute atomic E-state index is 13.2. The average molecular weight is 380 g/mol. The van der Waals surface area contributed by atoms with Crippen LogP contribution in [0.3, 0.4) is 0 Å². The number of morpholine rings is 1. The van der Waals surface area contributed by atoms with E-state index >= 15 is 0 Å². The van der Waals surface area contributed by atoms with Gasteiger partial charge in [0.15, 0.2) is 0 Å². The summed E-state index contributed by atoms with van der Waals surface area (Å²) in [7, 11) is 0. The topological polar surface area (TPSA) is 59.1 Å². The number of carbonyl (C=O) groups is 2. The molecule has 2 saturated heterocycles. The lowest BCUT2D eigenvalue weighted by atomic mass is 10.1. The fourth-order valence-corrected chi connectivity index (χ4v) is 3.77. The Hall–Kier alpha value is -2.86. The molecule has 0 aliphatic carbocycles. The van der Waals surface area contributed by atoms with Gasteiger partial charge in [-0.25, -0.2) is 0 Å². The monoisotopic (exact) mass is 380 g/mol. The zero-order valence-corrected chi connectivity index (χ0v) is 15.7. The normalized spacial score (nSPS) is 22.1. The highest BCUT2D eigenvalue weighted by Crippen LogP contribution is 2.26. The van der Waals surface area contributed by atoms with Gasteiger partial charge < -0.3 is 19.3 Å². The molecule has 2 aromatic carbocycles. The molecule has 0 bridgehead atoms. The summed E-state index contributed by atoms with van der Waals surface area (Å²) in [5, 5.41) is 0. The maximum Gasteiger partial charge on any atom is 0.254 e. The number of amides is 2. The first kappa shape index (κ1) is 18.5. The van der Waals surface area contributed by atoms with E-state index in [1.807, 2.05) is 48.5 Å². The lowest BCUT2D eigenvalue weighted by Gasteiger charge is -2.32. The van der Waals surface area contributed by atoms with Crippen LogP contribution in [-0.2, 0) is 9.53 Å². The summed E-state index contributed by atoms with van der Waals surface area (Å²) in [6.07, 6.45) is 0.272. The molecule has 4 rings (SSSR count). The standard InChI is InChI=1S/C22H24N2O4/c25-21(17-7-3-1-4-8-17)24-16-19(28-18-9-5-2-6-10-18)15-20(24)22(26)23-11-13-27-14-12-23/h1-10,19-20H,11-16H2/t19-,20+/m0/s1. The molecule has 0 saturated carbocycles. The number of para-hydroxylation sites is 1. The SMILES string of the molecule is O=C([C@H]1C[C@H](Oc2ccccc2)CN1C(=O)c1ccccc1)N1CCOCC1. The second kappa shape index (κ2) is 8.44. The molecule has 6 nitrogen and oxygen atoms in total. The van der Waals surface area contributed by atoms with Crippen molar-refractivity contribution in [1.82, 2.24) is 9.80 Å². The molecular weight excluding hydrogens is 356 g/mol. The van der Waals surface area contributed by atoms with Crippen molar-refractivity contribution in [3.63, 3.8) is 0 Å². The van der Waals surface area contributed by atoms with Gasteiger partial charge in [-0.3, -0.25) is 9.59 Å². The molecule has 2 aromatic rings. The van der Waals surface area contributed by atoms with E-state index in [0.29, 0.717) is 44.8 Å². The van der Waals surface area contributed by atoms with Gasteiger partial charge in [-0.2, -0.15) is 0 Å². The molecule has 6 heteroatoms. The highest BCUT2D eigenvalue weighted by atomic mass is 16.5. The Morgan fingerprint density at radius 1 is 0.929 bits per heavy atom. The smallest absolute Gasteiger partial charge is 0.254 e. The van der Waals surface area contributed by atoms with Crippen molar-refractivity contribution >= 4 is 11.8 Å². The molecule has 2 atom stereocenters. The van der Waals surface area contributed by atoms with Crippen LogP contribution >= 0.6 is 0 Å². The maximum atomic E-state index is 13.2. The Labute approximate surface area is 164 Å². The minimum Gasteiger partial charge on any atom is -0.488 e. The van der Waals surface area contributed by atoms with Crippen molar-refractivity contribution in [1.29, 1.82) is 0 Å². The van der Waals surface area contributed by atoms with E-state index in [-0.39, 0.29) is 17.9 Å². The molecule has 2 heterocycles. The molecule has 2 fully saturated rings. The Kier molecular flexibility index (Phi) is 5.58. The third-order valence-corrected chi connectivity index (χ3v) is 5.20. The van der Waals surface area contributed by atoms with E-state index in [1.165, 1.54) is 0 Å². The van der Waals surface area contributed by atoms with Crippen molar-refractivity contribution in [2.75, 3.05) is 32.8 Å². The lowest BCUT2D eigenvalue weighted by Crippen LogP contribution is -2.51. The van der Waals surface area contributed by atoms with Gasteiger partial charge in [0.1, 0.15) is 17.9 Å². The van der Waals surface area contributed by atoms with E-state index in [1.54, 1.807) is 21.9 Å². The summed E-state index contributed by atoms with van der Waals surface area (Å²) < 4.78 is 11.4. The van der Waals surface area contributed by atoms with Gasteiger partial charge in [-0.1, -0.05) is 36.4 Å². The first-order valence-corrected chi connectivity index (χ1v) is 9.66. The van der Waals surface area contributed by atoms with Crippen LogP contribution in [0, 0.1) is 0 Å². The summed E-state index contributed by atoms with van der Waals surface area (Å²) in [4.78, 5) is 29.7. The number of nitrogens with zero attached hydrogens (tertiary/aromatic N) is 2. The number of benzene rings is 2. The third kappa shape index (κ3) is 4.02. The molecule has 0 aromatic heterocycles. The van der Waals surface area contributed by atoms with Gasteiger partial charge in [0.25, 0.3) is 5.91 Å². The first-order valence-electron chi connectivity index (χ1n) is 9.66. The molecule has 0 radical (unpaired) electrons. The van der Waals surface area contributed by atoms with E-state index in [2.05, 4.69) is 0 Å². The van der Waals surface area contributed by atoms with Crippen molar-refractivity contribution < 1.29 is 19.1 Å². The molecular formula is C22H24N2O4. The lowest BCUT2D eigenvalue weighted by molar-refractivity contribution is -0.139. The molecule has 2 amide bonds. The van der Waals surface area contributed by atoms with Gasteiger partial charge in [0, 0.05) is 25.1 Å². The fourth-order valence-electron chi connectivity index (χ4n) is 3.77. The third-order valence-electron chi connectivity index (χ3n) is 5.20. The van der Waals surface area contributed by atoms with Crippen molar-refractivity contribution in [2.45, 2.75) is 18.6 Å². The van der Waals surface area contributed by atoms with E-state index in [9.17, 15) is 9.59 Å². The largest absolute Gasteiger partial charge is 0.488 e. The van der Waals surface area contributed by atoms with Crippen LogP contribution in [0.1, 0.15) is 16.8 Å². The predicted octanol–water partition coefficient (Wildman–Crippen LogP) is 2.21. The predicted molar refractivity (Wildman–Crippen MR) is 104 cm³/mol. The van der Waals surface area contributed by atoms with Crippen LogP contribution in [0.15, 0.2) is 60.7 Å². The fraction of sp³-hybridized carbons (Fsp3) is 0.364. The highest BCUT2D eigenvalue weighted by Gasteiger charge is 2.42. The number of ether oxygens (including phenoxy) is 2. The van der Waals surface area contributed by atoms with Crippen molar-refractivity contribution in [3.8, 4) is 5.75 Å². The summed E-state index contributed by atoms with van der Waals surface area (Å²) in [6, 6.07) is 18.1. The zero-order chi connectivity index (χ0) is 19.3. The molecule has 28 heavy (non-hydrogen) atoms. The Morgan fingerprint density at radius 2 is 1.57 bits per heavy atom. The van der Waals surface area contributed by atoms with Gasteiger partial charge in [-0.05, 0) is 24.3 Å². The van der Waals surface area contributed by atoms with Gasteiger partial charge in [-0.15, -0.1) is 0 Å². The summed E-state index contributed by atoms with van der Waals surface area (Å²) >= 11 is 0. The highest BCUT2D eigenvalue weighted by molar-refractivity contribution is 5.98. The summed E-state index contributed by atoms with van der Waals surface area (Å²) in [5.41, 5.74) is 0.586. The van der Waals surface area contributed by atoms with Crippen LogP contribution in [0.5, 0.6) is 5.75 Å². The number of hydrogen-bond acceptors (Lipinski definition) is 4. The zero-order valence-electron chi connectivity index (χ0n) is 15.7. The van der Waals surface area contributed by atoms with Crippen LogP contribution in [-0.4, -0.2) is 66.6 Å². The molecule has 0 spiro atoms. The minimum atomic E-state index is -0.514. The minimum absolute atomic E-state index is 0.0215. The number of hydrogen-bond donors (Lipinski definition) is 0. The number of rotatable bonds is 4. The molecule has 0 unspecified atom stereocenters. The molecule has 0 N–H and O–H groups in total. The van der Waals surface area contributed by atoms with Crippen molar-refractivity contribution in [2.24, 2.45) is 0 Å². The number of carbonyl (C=O) groups excluding carboxylic acids is 2. The van der Waals surface area contributed by atoms with Crippen molar-refractivity contribution in [3.05, 3.63) is 66.2 Å². The van der Waals surface area contributed by atoms with Crippen LogP contribution in [0.4, 0.5) is 0 Å². The average Bonchev–Trinajstić information content (AvgIpc) is 3.18.